The van der Waals surface area contributed by atoms with Crippen molar-refractivity contribution < 1.29 is 23.7 Å². The Morgan fingerprint density at radius 1 is 1.37 bits per heavy atom. The molecular weight excluding hydrogens is 251 g/mol. The summed E-state index contributed by atoms with van der Waals surface area (Å²) in [6.45, 7) is 2.71. The molecule has 0 amide bonds. The smallest absolute Gasteiger partial charge is 0.165 e. The lowest BCUT2D eigenvalue weighted by atomic mass is 9.88. The molecule has 1 fully saturated rings. The van der Waals surface area contributed by atoms with Gasteiger partial charge in [-0.3, -0.25) is 0 Å². The topological polar surface area (TPSA) is 47.9 Å². The van der Waals surface area contributed by atoms with Gasteiger partial charge >= 0.3 is 0 Å². The van der Waals surface area contributed by atoms with Gasteiger partial charge in [0.25, 0.3) is 0 Å². The summed E-state index contributed by atoms with van der Waals surface area (Å²) in [5, 5.41) is 9.64. The van der Waals surface area contributed by atoms with Crippen LogP contribution in [0.4, 0.5) is 4.39 Å². The molecule has 106 valence electrons. The lowest BCUT2D eigenvalue weighted by molar-refractivity contribution is -0.167. The van der Waals surface area contributed by atoms with Gasteiger partial charge in [0.05, 0.1) is 19.3 Å². The summed E-state index contributed by atoms with van der Waals surface area (Å²) < 4.78 is 29.5. The molecule has 1 aliphatic rings. The third kappa shape index (κ3) is 3.43. The Morgan fingerprint density at radius 2 is 2.16 bits per heavy atom. The molecule has 1 aliphatic carbocycles. The SMILES string of the molecule is COCCOC1C(O)CC1Oc1cc(C)ccc1F. The Morgan fingerprint density at radius 3 is 2.84 bits per heavy atom. The molecule has 2 rings (SSSR count). The maximum absolute atomic E-state index is 13.6. The Labute approximate surface area is 112 Å². The van der Waals surface area contributed by atoms with Crippen molar-refractivity contribution in [2.45, 2.75) is 31.7 Å². The Kier molecular flexibility index (Phi) is 4.74. The highest BCUT2D eigenvalue weighted by Crippen LogP contribution is 2.30. The number of hydrogen-bond acceptors (Lipinski definition) is 4. The van der Waals surface area contributed by atoms with Crippen LogP contribution in [0.15, 0.2) is 18.2 Å². The lowest BCUT2D eigenvalue weighted by Gasteiger charge is -2.40. The molecule has 5 heteroatoms. The fraction of sp³-hybridized carbons (Fsp3) is 0.571. The van der Waals surface area contributed by atoms with Gasteiger partial charge in [-0.2, -0.15) is 0 Å². The van der Waals surface area contributed by atoms with Gasteiger partial charge in [0.2, 0.25) is 0 Å². The summed E-state index contributed by atoms with van der Waals surface area (Å²) >= 11 is 0. The van der Waals surface area contributed by atoms with E-state index in [1.54, 1.807) is 19.2 Å². The van der Waals surface area contributed by atoms with Crippen LogP contribution < -0.4 is 4.74 Å². The summed E-state index contributed by atoms with van der Waals surface area (Å²) in [6, 6.07) is 4.71. The normalized spacial score (nSPS) is 26.0. The second kappa shape index (κ2) is 6.32. The molecule has 3 unspecified atom stereocenters. The predicted molar refractivity (Wildman–Crippen MR) is 67.8 cm³/mol. The molecule has 1 saturated carbocycles. The average molecular weight is 270 g/mol. The molecule has 0 bridgehead atoms. The number of ether oxygens (including phenoxy) is 3. The van der Waals surface area contributed by atoms with Crippen LogP contribution >= 0.6 is 0 Å². The van der Waals surface area contributed by atoms with E-state index in [2.05, 4.69) is 0 Å². The summed E-state index contributed by atoms with van der Waals surface area (Å²) in [5.41, 5.74) is 0.924. The van der Waals surface area contributed by atoms with Crippen LogP contribution in [0.1, 0.15) is 12.0 Å². The van der Waals surface area contributed by atoms with Gasteiger partial charge in [0.15, 0.2) is 11.6 Å². The van der Waals surface area contributed by atoms with Crippen molar-refractivity contribution in [3.63, 3.8) is 0 Å². The average Bonchev–Trinajstić information content (AvgIpc) is 2.38. The first-order chi connectivity index (χ1) is 9.11. The summed E-state index contributed by atoms with van der Waals surface area (Å²) in [6.07, 6.45) is -0.849. The minimum atomic E-state index is -0.560. The number of aliphatic hydroxyl groups excluding tert-OH is 1. The van der Waals surface area contributed by atoms with E-state index >= 15 is 0 Å². The first kappa shape index (κ1) is 14.2. The second-order valence-corrected chi connectivity index (χ2v) is 4.72. The molecule has 1 aromatic carbocycles. The fourth-order valence-corrected chi connectivity index (χ4v) is 2.02. The molecule has 0 aromatic heterocycles. The van der Waals surface area contributed by atoms with Gasteiger partial charge in [-0.15, -0.1) is 0 Å². The van der Waals surface area contributed by atoms with Crippen LogP contribution in [0.2, 0.25) is 0 Å². The van der Waals surface area contributed by atoms with Gasteiger partial charge in [-0.05, 0) is 24.6 Å². The Balaban J connectivity index is 1.93. The molecule has 0 heterocycles. The van der Waals surface area contributed by atoms with Gasteiger partial charge in [0, 0.05) is 13.5 Å². The molecule has 0 radical (unpaired) electrons. The van der Waals surface area contributed by atoms with Crippen molar-refractivity contribution in [2.24, 2.45) is 0 Å². The van der Waals surface area contributed by atoms with E-state index in [0.717, 1.165) is 5.56 Å². The van der Waals surface area contributed by atoms with Crippen molar-refractivity contribution in [1.82, 2.24) is 0 Å². The molecule has 4 nitrogen and oxygen atoms in total. The van der Waals surface area contributed by atoms with Gasteiger partial charge < -0.3 is 19.3 Å². The summed E-state index contributed by atoms with van der Waals surface area (Å²) in [5.74, 6) is -0.195. The zero-order chi connectivity index (χ0) is 13.8. The number of aryl methyl sites for hydroxylation is 1. The third-order valence-electron chi connectivity index (χ3n) is 3.18. The Bertz CT molecular complexity index is 424. The van der Waals surface area contributed by atoms with Crippen molar-refractivity contribution in [3.8, 4) is 5.75 Å². The van der Waals surface area contributed by atoms with Crippen LogP contribution in [0, 0.1) is 12.7 Å². The maximum atomic E-state index is 13.6. The summed E-state index contributed by atoms with van der Waals surface area (Å²) in [4.78, 5) is 0. The summed E-state index contributed by atoms with van der Waals surface area (Å²) in [7, 11) is 1.58. The first-order valence-electron chi connectivity index (χ1n) is 6.33. The largest absolute Gasteiger partial charge is 0.484 e. The van der Waals surface area contributed by atoms with E-state index in [1.807, 2.05) is 6.92 Å². The minimum absolute atomic E-state index is 0.206. The fourth-order valence-electron chi connectivity index (χ4n) is 2.02. The number of methoxy groups -OCH3 is 1. The van der Waals surface area contributed by atoms with E-state index in [0.29, 0.717) is 19.6 Å². The molecule has 0 aliphatic heterocycles. The van der Waals surface area contributed by atoms with Crippen molar-refractivity contribution in [3.05, 3.63) is 29.6 Å². The van der Waals surface area contributed by atoms with Crippen LogP contribution in [-0.2, 0) is 9.47 Å². The van der Waals surface area contributed by atoms with E-state index in [4.69, 9.17) is 14.2 Å². The number of hydrogen-bond donors (Lipinski definition) is 1. The molecule has 1 aromatic rings. The van der Waals surface area contributed by atoms with Crippen LogP contribution in [-0.4, -0.2) is 43.7 Å². The van der Waals surface area contributed by atoms with Crippen molar-refractivity contribution in [1.29, 1.82) is 0 Å². The standard InChI is InChI=1S/C14H19FO4/c1-9-3-4-10(15)12(7-9)19-13-8-11(16)14(13)18-6-5-17-2/h3-4,7,11,13-14,16H,5-6,8H2,1-2H3. The Hall–Kier alpha value is -1.17. The second-order valence-electron chi connectivity index (χ2n) is 4.72. The number of rotatable bonds is 6. The first-order valence-corrected chi connectivity index (χ1v) is 6.33. The number of aliphatic hydroxyl groups is 1. The van der Waals surface area contributed by atoms with Gasteiger partial charge in [-0.25, -0.2) is 4.39 Å². The van der Waals surface area contributed by atoms with Gasteiger partial charge in [0.1, 0.15) is 12.2 Å². The molecule has 0 saturated heterocycles. The van der Waals surface area contributed by atoms with E-state index in [9.17, 15) is 9.50 Å². The predicted octanol–water partition coefficient (Wildman–Crippen LogP) is 1.68. The van der Waals surface area contributed by atoms with Crippen LogP contribution in [0.3, 0.4) is 0 Å². The monoisotopic (exact) mass is 270 g/mol. The number of benzene rings is 1. The molecule has 1 N–H and O–H groups in total. The van der Waals surface area contributed by atoms with E-state index in [1.165, 1.54) is 6.07 Å². The third-order valence-corrected chi connectivity index (χ3v) is 3.18. The van der Waals surface area contributed by atoms with Crippen LogP contribution in [0.25, 0.3) is 0 Å². The zero-order valence-electron chi connectivity index (χ0n) is 11.1. The molecule has 19 heavy (non-hydrogen) atoms. The van der Waals surface area contributed by atoms with E-state index < -0.39 is 18.0 Å². The van der Waals surface area contributed by atoms with Crippen molar-refractivity contribution >= 4 is 0 Å². The van der Waals surface area contributed by atoms with Crippen LogP contribution in [0.5, 0.6) is 5.75 Å². The number of halogens is 1. The van der Waals surface area contributed by atoms with Crippen molar-refractivity contribution in [2.75, 3.05) is 20.3 Å². The highest BCUT2D eigenvalue weighted by atomic mass is 19.1. The molecule has 3 atom stereocenters. The molecule has 0 spiro atoms. The minimum Gasteiger partial charge on any atom is -0.484 e. The highest BCUT2D eigenvalue weighted by molar-refractivity contribution is 5.30. The quantitative estimate of drug-likeness (QED) is 0.799. The zero-order valence-corrected chi connectivity index (χ0v) is 11.1. The highest BCUT2D eigenvalue weighted by Gasteiger charge is 2.43. The van der Waals surface area contributed by atoms with Gasteiger partial charge in [-0.1, -0.05) is 6.07 Å². The maximum Gasteiger partial charge on any atom is 0.165 e. The molecular formula is C14H19FO4. The van der Waals surface area contributed by atoms with E-state index in [-0.39, 0.29) is 11.9 Å². The lowest BCUT2D eigenvalue weighted by Crippen LogP contribution is -2.55.